The maximum Gasteiger partial charge on any atom is 0.164 e. The number of rotatable bonds is 5. The highest BCUT2D eigenvalue weighted by atomic mass is 32.1. The lowest BCUT2D eigenvalue weighted by Gasteiger charge is -2.09. The van der Waals surface area contributed by atoms with E-state index in [9.17, 15) is 0 Å². The van der Waals surface area contributed by atoms with Crippen LogP contribution in [0.25, 0.3) is 119 Å². The molecule has 4 nitrogen and oxygen atoms in total. The summed E-state index contributed by atoms with van der Waals surface area (Å²) in [6.07, 6.45) is 0. The van der Waals surface area contributed by atoms with Gasteiger partial charge in [0.05, 0.1) is 0 Å². The predicted octanol–water partition coefficient (Wildman–Crippen LogP) is 14.8. The maximum atomic E-state index is 6.52. The summed E-state index contributed by atoms with van der Waals surface area (Å²) in [5.74, 6) is 1.86. The monoisotopic (exact) mass is 763 g/mol. The van der Waals surface area contributed by atoms with Crippen LogP contribution in [0.4, 0.5) is 0 Å². The molecule has 0 atom stereocenters. The summed E-state index contributed by atoms with van der Waals surface area (Å²) in [5, 5.41) is 7.19. The van der Waals surface area contributed by atoms with Gasteiger partial charge in [0.2, 0.25) is 0 Å². The molecule has 6 heteroatoms. The summed E-state index contributed by atoms with van der Waals surface area (Å²) >= 11 is 3.77. The van der Waals surface area contributed by atoms with Crippen molar-refractivity contribution < 1.29 is 4.42 Å². The first kappa shape index (κ1) is 32.3. The van der Waals surface area contributed by atoms with Gasteiger partial charge >= 0.3 is 0 Å². The smallest absolute Gasteiger partial charge is 0.164 e. The van der Waals surface area contributed by atoms with Gasteiger partial charge in [-0.2, -0.15) is 0 Å². The molecule has 266 valence electrons. The lowest BCUT2D eigenvalue weighted by Crippen LogP contribution is -2.00. The van der Waals surface area contributed by atoms with Gasteiger partial charge in [-0.25, -0.2) is 15.0 Å². The third kappa shape index (κ3) is 5.15. The Morgan fingerprint density at radius 1 is 0.333 bits per heavy atom. The summed E-state index contributed by atoms with van der Waals surface area (Å²) in [6.45, 7) is 0. The van der Waals surface area contributed by atoms with Gasteiger partial charge in [-0.1, -0.05) is 152 Å². The van der Waals surface area contributed by atoms with E-state index in [1.165, 1.54) is 57.0 Å². The van der Waals surface area contributed by atoms with Crippen molar-refractivity contribution in [3.8, 4) is 56.4 Å². The molecule has 4 heterocycles. The molecule has 57 heavy (non-hydrogen) atoms. The quantitative estimate of drug-likeness (QED) is 0.175. The molecule has 0 spiro atoms. The lowest BCUT2D eigenvalue weighted by atomic mass is 9.98. The Kier molecular flexibility index (Phi) is 7.24. The van der Waals surface area contributed by atoms with E-state index in [4.69, 9.17) is 19.4 Å². The average molecular weight is 764 g/mol. The SMILES string of the molecule is c1ccc(-c2nc(-c3ccccc3)nc(-c3cccc4oc5ccc(-c6cccc7c6sc6c(-c8cccc9c8sc8ccccc89)cccc67)cc5c34)n2)cc1. The molecule has 12 aromatic rings. The Morgan fingerprint density at radius 2 is 0.860 bits per heavy atom. The predicted molar refractivity (Wildman–Crippen MR) is 240 cm³/mol. The van der Waals surface area contributed by atoms with Gasteiger partial charge < -0.3 is 4.42 Å². The molecule has 0 fully saturated rings. The summed E-state index contributed by atoms with van der Waals surface area (Å²) in [7, 11) is 0. The van der Waals surface area contributed by atoms with Gasteiger partial charge in [0.15, 0.2) is 17.5 Å². The molecule has 0 unspecified atom stereocenters. The highest BCUT2D eigenvalue weighted by molar-refractivity contribution is 7.27. The first-order valence-electron chi connectivity index (χ1n) is 18.9. The van der Waals surface area contributed by atoms with E-state index in [0.29, 0.717) is 17.5 Å². The molecule has 12 rings (SSSR count). The van der Waals surface area contributed by atoms with E-state index in [-0.39, 0.29) is 0 Å². The fourth-order valence-corrected chi connectivity index (χ4v) is 10.9. The zero-order valence-corrected chi connectivity index (χ0v) is 31.9. The number of aromatic nitrogens is 3. The van der Waals surface area contributed by atoms with E-state index in [1.807, 2.05) is 95.5 Å². The standard InChI is InChI=1S/C51H29N3OS2/c1-3-13-30(14-4-1)49-52-50(31-15-5-2-6-16-31)54-51(53-49)40-24-12-25-43-45(40)41-29-32(27-28-42(41)55-43)33-18-9-20-36-38-22-11-23-39(48(38)57-46(33)36)37-21-10-19-35-34-17-7-8-26-44(34)56-47(35)37/h1-29H. The van der Waals surface area contributed by atoms with Crippen molar-refractivity contribution >= 4 is 85.0 Å². The molecule has 0 aliphatic heterocycles. The van der Waals surface area contributed by atoms with Crippen LogP contribution < -0.4 is 0 Å². The van der Waals surface area contributed by atoms with Crippen LogP contribution in [-0.2, 0) is 0 Å². The molecule has 0 saturated heterocycles. The average Bonchev–Trinajstić information content (AvgIpc) is 3.98. The molecule has 0 aliphatic carbocycles. The van der Waals surface area contributed by atoms with Gasteiger partial charge in [-0.05, 0) is 35.4 Å². The minimum atomic E-state index is 0.606. The minimum absolute atomic E-state index is 0.606. The largest absolute Gasteiger partial charge is 0.456 e. The summed E-state index contributed by atoms with van der Waals surface area (Å²) in [5.41, 5.74) is 9.29. The summed E-state index contributed by atoms with van der Waals surface area (Å²) < 4.78 is 11.8. The lowest BCUT2D eigenvalue weighted by molar-refractivity contribution is 0.669. The number of nitrogens with zero attached hydrogens (tertiary/aromatic N) is 3. The molecular formula is C51H29N3OS2. The van der Waals surface area contributed by atoms with Gasteiger partial charge in [-0.15, -0.1) is 22.7 Å². The normalized spacial score (nSPS) is 11.9. The van der Waals surface area contributed by atoms with Crippen molar-refractivity contribution in [3.63, 3.8) is 0 Å². The third-order valence-corrected chi connectivity index (χ3v) is 13.5. The molecule has 0 radical (unpaired) electrons. The van der Waals surface area contributed by atoms with E-state index in [2.05, 4.69) is 103 Å². The fraction of sp³-hybridized carbons (Fsp3) is 0. The minimum Gasteiger partial charge on any atom is -0.456 e. The fourth-order valence-electron chi connectivity index (χ4n) is 8.33. The Hall–Kier alpha value is -6.99. The number of fused-ring (bicyclic) bond motifs is 9. The van der Waals surface area contributed by atoms with E-state index in [1.54, 1.807) is 0 Å². The van der Waals surface area contributed by atoms with Crippen molar-refractivity contribution in [2.45, 2.75) is 0 Å². The number of hydrogen-bond donors (Lipinski definition) is 0. The van der Waals surface area contributed by atoms with Gasteiger partial charge in [0, 0.05) is 78.9 Å². The molecule has 8 aromatic carbocycles. The van der Waals surface area contributed by atoms with Crippen LogP contribution in [0.15, 0.2) is 180 Å². The van der Waals surface area contributed by atoms with Crippen LogP contribution in [0.5, 0.6) is 0 Å². The molecular weight excluding hydrogens is 735 g/mol. The molecule has 0 amide bonds. The van der Waals surface area contributed by atoms with Crippen LogP contribution in [0, 0.1) is 0 Å². The summed E-state index contributed by atoms with van der Waals surface area (Å²) in [4.78, 5) is 15.1. The van der Waals surface area contributed by atoms with Crippen molar-refractivity contribution in [2.75, 3.05) is 0 Å². The Bertz CT molecular complexity index is 3470. The molecule has 0 saturated carbocycles. The van der Waals surface area contributed by atoms with Crippen LogP contribution in [0.1, 0.15) is 0 Å². The van der Waals surface area contributed by atoms with Gasteiger partial charge in [-0.3, -0.25) is 0 Å². The van der Waals surface area contributed by atoms with Gasteiger partial charge in [0.25, 0.3) is 0 Å². The zero-order chi connectivity index (χ0) is 37.5. The van der Waals surface area contributed by atoms with Gasteiger partial charge in [0.1, 0.15) is 11.2 Å². The zero-order valence-electron chi connectivity index (χ0n) is 30.3. The topological polar surface area (TPSA) is 51.8 Å². The summed E-state index contributed by atoms with van der Waals surface area (Å²) in [6, 6.07) is 61.9. The van der Waals surface area contributed by atoms with E-state index in [0.717, 1.165) is 44.2 Å². The Balaban J connectivity index is 1.04. The van der Waals surface area contributed by atoms with Crippen molar-refractivity contribution in [1.82, 2.24) is 15.0 Å². The number of furan rings is 1. The van der Waals surface area contributed by atoms with Crippen molar-refractivity contribution in [3.05, 3.63) is 176 Å². The second-order valence-corrected chi connectivity index (χ2v) is 16.3. The number of hydrogen-bond acceptors (Lipinski definition) is 6. The maximum absolute atomic E-state index is 6.52. The van der Waals surface area contributed by atoms with Crippen molar-refractivity contribution in [2.24, 2.45) is 0 Å². The van der Waals surface area contributed by atoms with Crippen LogP contribution in [0.2, 0.25) is 0 Å². The molecule has 0 N–H and O–H groups in total. The van der Waals surface area contributed by atoms with E-state index >= 15 is 0 Å². The Labute approximate surface area is 335 Å². The number of thiophene rings is 2. The van der Waals surface area contributed by atoms with E-state index < -0.39 is 0 Å². The molecule has 4 aromatic heterocycles. The molecule has 0 bridgehead atoms. The second kappa shape index (κ2) is 12.8. The number of benzene rings is 8. The van der Waals surface area contributed by atoms with Crippen LogP contribution in [0.3, 0.4) is 0 Å². The highest BCUT2D eigenvalue weighted by Crippen LogP contribution is 2.48. The van der Waals surface area contributed by atoms with Crippen LogP contribution in [-0.4, -0.2) is 15.0 Å². The second-order valence-electron chi connectivity index (χ2n) is 14.3. The van der Waals surface area contributed by atoms with Crippen molar-refractivity contribution in [1.29, 1.82) is 0 Å². The Morgan fingerprint density at radius 3 is 1.56 bits per heavy atom. The third-order valence-electron chi connectivity index (χ3n) is 11.0. The first-order valence-corrected chi connectivity index (χ1v) is 20.6. The van der Waals surface area contributed by atoms with Crippen LogP contribution >= 0.6 is 22.7 Å². The highest BCUT2D eigenvalue weighted by Gasteiger charge is 2.20. The molecule has 0 aliphatic rings. The first-order chi connectivity index (χ1) is 28.2.